The Bertz CT molecular complexity index is 887. The normalized spacial score (nSPS) is 11.7. The Morgan fingerprint density at radius 3 is 2.38 bits per heavy atom. The van der Waals surface area contributed by atoms with E-state index < -0.39 is 11.7 Å². The first kappa shape index (κ1) is 17.9. The SMILES string of the molecule is COc1ccc(/C=N/Nc2ncc(-c3ccc(C(F)(F)F)cc3)s2)cc1. The van der Waals surface area contributed by atoms with Crippen LogP contribution in [0.1, 0.15) is 11.1 Å². The van der Waals surface area contributed by atoms with Crippen molar-refractivity contribution in [2.75, 3.05) is 12.5 Å². The van der Waals surface area contributed by atoms with Gasteiger partial charge in [-0.25, -0.2) is 4.98 Å². The van der Waals surface area contributed by atoms with E-state index >= 15 is 0 Å². The van der Waals surface area contributed by atoms with E-state index in [2.05, 4.69) is 15.5 Å². The Kier molecular flexibility index (Phi) is 5.22. The molecule has 134 valence electrons. The monoisotopic (exact) mass is 377 g/mol. The van der Waals surface area contributed by atoms with Gasteiger partial charge >= 0.3 is 6.18 Å². The molecule has 0 saturated carbocycles. The molecule has 26 heavy (non-hydrogen) atoms. The van der Waals surface area contributed by atoms with Crippen LogP contribution in [-0.4, -0.2) is 18.3 Å². The number of hydrogen-bond donors (Lipinski definition) is 1. The minimum Gasteiger partial charge on any atom is -0.497 e. The summed E-state index contributed by atoms with van der Waals surface area (Å²) in [5, 5.41) is 4.65. The maximum atomic E-state index is 12.6. The van der Waals surface area contributed by atoms with E-state index in [4.69, 9.17) is 4.74 Å². The second-order valence-corrected chi connectivity index (χ2v) is 6.28. The van der Waals surface area contributed by atoms with E-state index in [9.17, 15) is 13.2 Å². The molecule has 0 unspecified atom stereocenters. The van der Waals surface area contributed by atoms with Gasteiger partial charge in [-0.3, -0.25) is 5.43 Å². The fourth-order valence-electron chi connectivity index (χ4n) is 2.13. The Labute approximate surface area is 152 Å². The van der Waals surface area contributed by atoms with Crippen molar-refractivity contribution < 1.29 is 17.9 Å². The van der Waals surface area contributed by atoms with Crippen LogP contribution in [0.4, 0.5) is 18.3 Å². The lowest BCUT2D eigenvalue weighted by atomic mass is 10.1. The summed E-state index contributed by atoms with van der Waals surface area (Å²) in [5.41, 5.74) is 3.70. The van der Waals surface area contributed by atoms with E-state index in [0.717, 1.165) is 28.3 Å². The number of anilines is 1. The maximum absolute atomic E-state index is 12.6. The van der Waals surface area contributed by atoms with Crippen LogP contribution in [-0.2, 0) is 6.18 Å². The van der Waals surface area contributed by atoms with Crippen LogP contribution in [0, 0.1) is 0 Å². The molecular formula is C18H14F3N3OS. The summed E-state index contributed by atoms with van der Waals surface area (Å²) in [6, 6.07) is 12.4. The highest BCUT2D eigenvalue weighted by Crippen LogP contribution is 2.33. The summed E-state index contributed by atoms with van der Waals surface area (Å²) in [4.78, 5) is 4.92. The third kappa shape index (κ3) is 4.40. The molecule has 1 N–H and O–H groups in total. The predicted molar refractivity (Wildman–Crippen MR) is 96.8 cm³/mol. The molecule has 2 aromatic carbocycles. The largest absolute Gasteiger partial charge is 0.497 e. The van der Waals surface area contributed by atoms with Gasteiger partial charge < -0.3 is 4.74 Å². The second-order valence-electron chi connectivity index (χ2n) is 5.25. The molecule has 0 aliphatic heterocycles. The molecular weight excluding hydrogens is 363 g/mol. The molecule has 0 radical (unpaired) electrons. The van der Waals surface area contributed by atoms with Gasteiger partial charge in [0.15, 0.2) is 0 Å². The van der Waals surface area contributed by atoms with Crippen molar-refractivity contribution in [3.8, 4) is 16.2 Å². The number of hydrazone groups is 1. The Hall–Kier alpha value is -2.87. The molecule has 0 fully saturated rings. The summed E-state index contributed by atoms with van der Waals surface area (Å²) in [7, 11) is 1.60. The number of nitrogens with one attached hydrogen (secondary N) is 1. The molecule has 8 heteroatoms. The standard InChI is InChI=1S/C18H14F3N3OS/c1-25-15-8-2-12(3-9-15)10-23-24-17-22-11-16(26-17)13-4-6-14(7-5-13)18(19,20)21/h2-11H,1H3,(H,22,24)/b23-10+. The zero-order valence-electron chi connectivity index (χ0n) is 13.6. The van der Waals surface area contributed by atoms with Crippen molar-refractivity contribution in [1.29, 1.82) is 0 Å². The lowest BCUT2D eigenvalue weighted by Gasteiger charge is -2.06. The molecule has 0 aliphatic carbocycles. The van der Waals surface area contributed by atoms with Crippen molar-refractivity contribution in [3.63, 3.8) is 0 Å². The Morgan fingerprint density at radius 1 is 1.08 bits per heavy atom. The van der Waals surface area contributed by atoms with Gasteiger partial charge in [-0.1, -0.05) is 23.5 Å². The molecule has 1 aromatic heterocycles. The van der Waals surface area contributed by atoms with E-state index in [1.54, 1.807) is 19.5 Å². The summed E-state index contributed by atoms with van der Waals surface area (Å²) in [6.07, 6.45) is -1.10. The number of nitrogens with zero attached hydrogens (tertiary/aromatic N) is 2. The fourth-order valence-corrected chi connectivity index (χ4v) is 2.91. The van der Waals surface area contributed by atoms with Gasteiger partial charge in [-0.05, 0) is 47.5 Å². The molecule has 0 spiro atoms. The minimum absolute atomic E-state index is 0.546. The van der Waals surface area contributed by atoms with Gasteiger partial charge in [0.25, 0.3) is 0 Å². The van der Waals surface area contributed by atoms with Crippen molar-refractivity contribution >= 4 is 22.7 Å². The van der Waals surface area contributed by atoms with Crippen LogP contribution in [0.3, 0.4) is 0 Å². The van der Waals surface area contributed by atoms with E-state index in [1.807, 2.05) is 24.3 Å². The zero-order chi connectivity index (χ0) is 18.6. The van der Waals surface area contributed by atoms with E-state index in [-0.39, 0.29) is 0 Å². The van der Waals surface area contributed by atoms with Gasteiger partial charge in [0.05, 0.1) is 23.8 Å². The fraction of sp³-hybridized carbons (Fsp3) is 0.111. The van der Waals surface area contributed by atoms with Crippen molar-refractivity contribution in [1.82, 2.24) is 4.98 Å². The molecule has 1 heterocycles. The Balaban J connectivity index is 1.65. The van der Waals surface area contributed by atoms with E-state index in [1.165, 1.54) is 23.5 Å². The first-order valence-corrected chi connectivity index (χ1v) is 8.34. The maximum Gasteiger partial charge on any atom is 0.416 e. The molecule has 0 amide bonds. The van der Waals surface area contributed by atoms with Crippen LogP contribution in [0.25, 0.3) is 10.4 Å². The summed E-state index contributed by atoms with van der Waals surface area (Å²) >= 11 is 1.30. The topological polar surface area (TPSA) is 46.5 Å². The first-order valence-electron chi connectivity index (χ1n) is 7.52. The second kappa shape index (κ2) is 7.57. The van der Waals surface area contributed by atoms with Crippen LogP contribution in [0.15, 0.2) is 59.8 Å². The number of alkyl halides is 3. The predicted octanol–water partition coefficient (Wildman–Crippen LogP) is 5.28. The highest BCUT2D eigenvalue weighted by atomic mass is 32.1. The lowest BCUT2D eigenvalue weighted by molar-refractivity contribution is -0.137. The van der Waals surface area contributed by atoms with Gasteiger partial charge in [0.1, 0.15) is 5.75 Å². The minimum atomic E-state index is -4.34. The highest BCUT2D eigenvalue weighted by Gasteiger charge is 2.30. The molecule has 3 aromatic rings. The third-order valence-electron chi connectivity index (χ3n) is 3.49. The number of aromatic nitrogens is 1. The number of ether oxygens (including phenoxy) is 1. The van der Waals surface area contributed by atoms with Crippen molar-refractivity contribution in [2.45, 2.75) is 6.18 Å². The first-order chi connectivity index (χ1) is 12.5. The number of thiazole rings is 1. The smallest absolute Gasteiger partial charge is 0.416 e. The summed E-state index contributed by atoms with van der Waals surface area (Å²) in [5.74, 6) is 0.760. The Morgan fingerprint density at radius 2 is 1.77 bits per heavy atom. The summed E-state index contributed by atoms with van der Waals surface area (Å²) < 4.78 is 42.9. The average Bonchev–Trinajstić information content (AvgIpc) is 3.11. The van der Waals surface area contributed by atoms with Crippen LogP contribution in [0.5, 0.6) is 5.75 Å². The van der Waals surface area contributed by atoms with Crippen LogP contribution in [0.2, 0.25) is 0 Å². The van der Waals surface area contributed by atoms with Gasteiger partial charge in [0.2, 0.25) is 5.13 Å². The van der Waals surface area contributed by atoms with Crippen LogP contribution < -0.4 is 10.2 Å². The number of rotatable bonds is 5. The lowest BCUT2D eigenvalue weighted by Crippen LogP contribution is -2.03. The molecule has 0 aliphatic rings. The van der Waals surface area contributed by atoms with Gasteiger partial charge in [0, 0.05) is 6.20 Å². The number of methoxy groups -OCH3 is 1. The summed E-state index contributed by atoms with van der Waals surface area (Å²) in [6.45, 7) is 0. The van der Waals surface area contributed by atoms with Crippen LogP contribution >= 0.6 is 11.3 Å². The van der Waals surface area contributed by atoms with Crippen molar-refractivity contribution in [3.05, 3.63) is 65.9 Å². The molecule has 0 atom stereocenters. The van der Waals surface area contributed by atoms with Gasteiger partial charge in [-0.15, -0.1) is 0 Å². The van der Waals surface area contributed by atoms with Gasteiger partial charge in [-0.2, -0.15) is 18.3 Å². The number of halogens is 3. The molecule has 4 nitrogen and oxygen atoms in total. The number of benzene rings is 2. The van der Waals surface area contributed by atoms with E-state index in [0.29, 0.717) is 10.7 Å². The number of hydrogen-bond acceptors (Lipinski definition) is 5. The quantitative estimate of drug-likeness (QED) is 0.486. The molecule has 0 bridgehead atoms. The molecule has 0 saturated heterocycles. The highest BCUT2D eigenvalue weighted by molar-refractivity contribution is 7.18. The molecule has 3 rings (SSSR count). The van der Waals surface area contributed by atoms with Crippen molar-refractivity contribution in [2.24, 2.45) is 5.10 Å². The average molecular weight is 377 g/mol. The zero-order valence-corrected chi connectivity index (χ0v) is 14.4. The third-order valence-corrected chi connectivity index (χ3v) is 4.44.